The quantitative estimate of drug-likeness (QED) is 0.224. The highest BCUT2D eigenvalue weighted by atomic mass is 32.2. The fourth-order valence-corrected chi connectivity index (χ4v) is 14.7. The van der Waals surface area contributed by atoms with E-state index >= 15 is 0 Å². The molecule has 9 rings (SSSR count). The second-order valence-corrected chi connectivity index (χ2v) is 18.2. The van der Waals surface area contributed by atoms with E-state index in [-0.39, 0.29) is 6.71 Å². The number of para-hydroxylation sites is 1. The van der Waals surface area contributed by atoms with Crippen molar-refractivity contribution in [3.05, 3.63) is 126 Å². The molecular formula is C37H30BNS2Si. The highest BCUT2D eigenvalue weighted by molar-refractivity contribution is 8.03. The van der Waals surface area contributed by atoms with Crippen LogP contribution in [0.3, 0.4) is 0 Å². The van der Waals surface area contributed by atoms with Crippen LogP contribution in [0, 0.1) is 0 Å². The van der Waals surface area contributed by atoms with Gasteiger partial charge in [-0.3, -0.25) is 0 Å². The average molecular weight is 592 g/mol. The molecule has 42 heavy (non-hydrogen) atoms. The molecule has 3 aliphatic heterocycles. The van der Waals surface area contributed by atoms with Gasteiger partial charge in [-0.25, -0.2) is 0 Å². The molecule has 0 saturated heterocycles. The molecule has 0 fully saturated rings. The van der Waals surface area contributed by atoms with Gasteiger partial charge in [-0.1, -0.05) is 142 Å². The zero-order valence-electron chi connectivity index (χ0n) is 23.6. The molecule has 0 bridgehead atoms. The van der Waals surface area contributed by atoms with E-state index in [0.717, 1.165) is 6.42 Å². The van der Waals surface area contributed by atoms with E-state index in [4.69, 9.17) is 0 Å². The number of rotatable bonds is 2. The Labute approximate surface area is 258 Å². The number of fused-ring (bicyclic) bond motifs is 5. The lowest BCUT2D eigenvalue weighted by atomic mass is 9.36. The summed E-state index contributed by atoms with van der Waals surface area (Å²) in [6.45, 7) is 2.84. The molecule has 0 radical (unpaired) electrons. The van der Waals surface area contributed by atoms with Crippen molar-refractivity contribution < 1.29 is 0 Å². The van der Waals surface area contributed by atoms with Crippen molar-refractivity contribution in [2.24, 2.45) is 0 Å². The lowest BCUT2D eigenvalue weighted by Crippen LogP contribution is -2.82. The first-order valence-corrected chi connectivity index (χ1v) is 19.2. The number of hydrogen-bond donors (Lipinski definition) is 0. The van der Waals surface area contributed by atoms with Gasteiger partial charge < -0.3 is 4.90 Å². The third-order valence-electron chi connectivity index (χ3n) is 9.84. The Morgan fingerprint density at radius 2 is 1.40 bits per heavy atom. The van der Waals surface area contributed by atoms with Crippen LogP contribution in [0.25, 0.3) is 0 Å². The summed E-state index contributed by atoms with van der Waals surface area (Å²) in [5.74, 6) is 0. The zero-order chi connectivity index (χ0) is 27.8. The van der Waals surface area contributed by atoms with Crippen LogP contribution in [-0.2, 0) is 0 Å². The second kappa shape index (κ2) is 9.57. The Kier molecular flexibility index (Phi) is 5.73. The van der Waals surface area contributed by atoms with Gasteiger partial charge in [0.2, 0.25) is 6.71 Å². The Morgan fingerprint density at radius 3 is 2.33 bits per heavy atom. The lowest BCUT2D eigenvalue weighted by molar-refractivity contribution is 0.680. The molecule has 1 aliphatic carbocycles. The number of hydrogen-bond acceptors (Lipinski definition) is 3. The molecule has 0 spiro atoms. The van der Waals surface area contributed by atoms with Gasteiger partial charge in [0.1, 0.15) is 8.07 Å². The molecule has 0 amide bonds. The van der Waals surface area contributed by atoms with E-state index in [1.54, 1.807) is 20.7 Å². The molecule has 3 heterocycles. The minimum Gasteiger partial charge on any atom is -0.312 e. The molecule has 0 aromatic heterocycles. The first-order chi connectivity index (χ1) is 20.7. The first kappa shape index (κ1) is 25.1. The zero-order valence-corrected chi connectivity index (χ0v) is 26.3. The van der Waals surface area contributed by atoms with Crippen molar-refractivity contribution in [2.45, 2.75) is 46.9 Å². The summed E-state index contributed by atoms with van der Waals surface area (Å²) >= 11 is 3.98. The van der Waals surface area contributed by atoms with E-state index in [1.807, 2.05) is 23.5 Å². The molecule has 5 aromatic carbocycles. The summed E-state index contributed by atoms with van der Waals surface area (Å²) in [5, 5.41) is 4.64. The van der Waals surface area contributed by atoms with Crippen molar-refractivity contribution in [2.75, 3.05) is 4.90 Å². The minimum absolute atomic E-state index is 0.274. The highest BCUT2D eigenvalue weighted by Gasteiger charge is 2.48. The van der Waals surface area contributed by atoms with Gasteiger partial charge in [-0.05, 0) is 61.2 Å². The van der Waals surface area contributed by atoms with Crippen LogP contribution >= 0.6 is 23.5 Å². The highest BCUT2D eigenvalue weighted by Crippen LogP contribution is 2.51. The topological polar surface area (TPSA) is 3.24 Å². The van der Waals surface area contributed by atoms with Crippen LogP contribution < -0.4 is 36.8 Å². The number of benzene rings is 5. The van der Waals surface area contributed by atoms with Crippen molar-refractivity contribution in [1.29, 1.82) is 0 Å². The molecular weight excluding hydrogens is 561 g/mol. The van der Waals surface area contributed by atoms with E-state index in [1.165, 1.54) is 67.1 Å². The molecule has 0 saturated carbocycles. The Balaban J connectivity index is 1.24. The van der Waals surface area contributed by atoms with Crippen molar-refractivity contribution in [3.8, 4) is 0 Å². The fourth-order valence-electron chi connectivity index (χ4n) is 7.89. The van der Waals surface area contributed by atoms with Crippen LogP contribution in [-0.4, -0.2) is 14.8 Å². The van der Waals surface area contributed by atoms with Gasteiger partial charge in [0, 0.05) is 31.0 Å². The molecule has 4 aliphatic rings. The van der Waals surface area contributed by atoms with Gasteiger partial charge in [0.05, 0.1) is 5.69 Å². The van der Waals surface area contributed by atoms with Gasteiger partial charge in [0.25, 0.3) is 0 Å². The van der Waals surface area contributed by atoms with Crippen LogP contribution in [0.2, 0.25) is 6.55 Å². The van der Waals surface area contributed by atoms with Gasteiger partial charge in [-0.2, -0.15) is 0 Å². The maximum absolute atomic E-state index is 2.58. The van der Waals surface area contributed by atoms with Crippen LogP contribution in [0.4, 0.5) is 11.4 Å². The largest absolute Gasteiger partial charge is 0.312 e. The molecule has 202 valence electrons. The SMILES string of the molecule is C[Si]1(c2ccccc2)c2ccccc2B2c3ccc(N4C5=C(CCCC5)Sc5ccccc54)cc3Sc3cccc1c32. The van der Waals surface area contributed by atoms with Crippen molar-refractivity contribution in [1.82, 2.24) is 0 Å². The Hall–Kier alpha value is -3.38. The summed E-state index contributed by atoms with van der Waals surface area (Å²) in [7, 11) is -2.16. The molecule has 1 atom stereocenters. The minimum atomic E-state index is -2.16. The van der Waals surface area contributed by atoms with E-state index < -0.39 is 8.07 Å². The van der Waals surface area contributed by atoms with E-state index in [9.17, 15) is 0 Å². The maximum Gasteiger partial charge on any atom is 0.243 e. The average Bonchev–Trinajstić information content (AvgIpc) is 3.05. The second-order valence-electron chi connectivity index (χ2n) is 12.0. The third kappa shape index (κ3) is 3.54. The van der Waals surface area contributed by atoms with Crippen LogP contribution in [0.1, 0.15) is 25.7 Å². The molecule has 1 nitrogen and oxygen atoms in total. The predicted molar refractivity (Wildman–Crippen MR) is 185 cm³/mol. The maximum atomic E-state index is 2.58. The van der Waals surface area contributed by atoms with Gasteiger partial charge in [-0.15, -0.1) is 0 Å². The summed E-state index contributed by atoms with van der Waals surface area (Å²) in [6, 6.07) is 44.1. The van der Waals surface area contributed by atoms with Gasteiger partial charge >= 0.3 is 0 Å². The first-order valence-electron chi connectivity index (χ1n) is 15.1. The van der Waals surface area contributed by atoms with Crippen LogP contribution in [0.15, 0.2) is 141 Å². The van der Waals surface area contributed by atoms with Crippen molar-refractivity contribution >= 4 is 81.6 Å². The summed E-state index contributed by atoms with van der Waals surface area (Å²) in [4.78, 5) is 8.35. The van der Waals surface area contributed by atoms with E-state index in [2.05, 4.69) is 127 Å². The Morgan fingerprint density at radius 1 is 0.643 bits per heavy atom. The Bertz CT molecular complexity index is 1940. The van der Waals surface area contributed by atoms with Crippen molar-refractivity contribution in [3.63, 3.8) is 0 Å². The van der Waals surface area contributed by atoms with E-state index in [0.29, 0.717) is 0 Å². The number of thioether (sulfide) groups is 1. The predicted octanol–water partition coefficient (Wildman–Crippen LogP) is 6.11. The lowest BCUT2D eigenvalue weighted by Gasteiger charge is -2.43. The molecule has 1 unspecified atom stereocenters. The fraction of sp³-hybridized carbons (Fsp3) is 0.135. The molecule has 5 aromatic rings. The number of anilines is 2. The summed E-state index contributed by atoms with van der Waals surface area (Å²) < 4.78 is 0. The van der Waals surface area contributed by atoms with Crippen LogP contribution in [0.5, 0.6) is 0 Å². The van der Waals surface area contributed by atoms with Gasteiger partial charge in [0.15, 0.2) is 0 Å². The standard InChI is InChI=1S/C37H30BNS2Si/c1-42(26-12-3-2-4-13-26)35-20-10-5-14-28(35)38-27-23-22-25(24-34(27)41-33-19-11-21-36(42)37(33)38)39-29-15-6-8-17-31(29)40-32-18-9-7-16-30(32)39/h2-6,8,10-15,17,19-24H,7,9,16,18H2,1H3. The summed E-state index contributed by atoms with van der Waals surface area (Å²) in [6.07, 6.45) is 4.93. The summed E-state index contributed by atoms with van der Waals surface area (Å²) in [5.41, 5.74) is 8.66. The monoisotopic (exact) mass is 591 g/mol. The third-order valence-corrected chi connectivity index (χ3v) is 16.8. The number of allylic oxidation sites excluding steroid dienone is 2. The molecule has 0 N–H and O–H groups in total. The normalized spacial score (nSPS) is 19.8. The number of nitrogens with zero attached hydrogens (tertiary/aromatic N) is 1. The smallest absolute Gasteiger partial charge is 0.243 e. The molecule has 5 heteroatoms.